The first kappa shape index (κ1) is 18.6. The van der Waals surface area contributed by atoms with Gasteiger partial charge in [0.25, 0.3) is 5.91 Å². The molecule has 0 heterocycles. The number of hydrogen-bond acceptors (Lipinski definition) is 5. The lowest BCUT2D eigenvalue weighted by Gasteiger charge is -2.16. The summed E-state index contributed by atoms with van der Waals surface area (Å²) in [6.07, 6.45) is -0.915. The van der Waals surface area contributed by atoms with Crippen LogP contribution >= 0.6 is 11.8 Å². The SMILES string of the molecule is C[C@H](Sc1ccccc1)C(=O)O[C@H](C)C(=O)Nc1ccc(C#N)cc1. The number of hydrogen-bond donors (Lipinski definition) is 1. The van der Waals surface area contributed by atoms with Crippen LogP contribution in [0.2, 0.25) is 0 Å². The first-order valence-corrected chi connectivity index (χ1v) is 8.61. The molecule has 2 rings (SSSR count). The molecule has 2 atom stereocenters. The topological polar surface area (TPSA) is 79.2 Å². The Morgan fingerprint density at radius 3 is 2.32 bits per heavy atom. The lowest BCUT2D eigenvalue weighted by Crippen LogP contribution is -2.32. The van der Waals surface area contributed by atoms with Crippen LogP contribution in [0.5, 0.6) is 0 Å². The minimum atomic E-state index is -0.915. The number of nitriles is 1. The van der Waals surface area contributed by atoms with Gasteiger partial charge < -0.3 is 10.1 Å². The zero-order valence-electron chi connectivity index (χ0n) is 13.9. The van der Waals surface area contributed by atoms with E-state index in [4.69, 9.17) is 10.00 Å². The van der Waals surface area contributed by atoms with Crippen LogP contribution in [0.25, 0.3) is 0 Å². The Kier molecular flexibility index (Phi) is 6.61. The molecule has 0 bridgehead atoms. The van der Waals surface area contributed by atoms with Gasteiger partial charge in [0.1, 0.15) is 5.25 Å². The van der Waals surface area contributed by atoms with Crippen molar-refractivity contribution in [3.05, 3.63) is 60.2 Å². The Morgan fingerprint density at radius 2 is 1.72 bits per heavy atom. The fourth-order valence-electron chi connectivity index (χ4n) is 1.95. The standard InChI is InChI=1S/C19H18N2O3S/c1-13(18(22)21-16-10-8-15(12-20)9-11-16)24-19(23)14(2)25-17-6-4-3-5-7-17/h3-11,13-14H,1-2H3,(H,21,22)/t13-,14+/m1/s1. The number of thioether (sulfide) groups is 1. The van der Waals surface area contributed by atoms with E-state index in [2.05, 4.69) is 5.32 Å². The van der Waals surface area contributed by atoms with Gasteiger partial charge in [0.2, 0.25) is 0 Å². The molecule has 0 saturated carbocycles. The molecule has 0 aliphatic rings. The minimum absolute atomic E-state index is 0.421. The minimum Gasteiger partial charge on any atom is -0.452 e. The van der Waals surface area contributed by atoms with E-state index in [-0.39, 0.29) is 0 Å². The van der Waals surface area contributed by atoms with Gasteiger partial charge in [-0.25, -0.2) is 0 Å². The lowest BCUT2D eigenvalue weighted by atomic mass is 10.2. The van der Waals surface area contributed by atoms with E-state index in [1.165, 1.54) is 18.7 Å². The molecule has 1 N–H and O–H groups in total. The second-order valence-corrected chi connectivity index (χ2v) is 6.74. The van der Waals surface area contributed by atoms with Gasteiger partial charge in [0, 0.05) is 10.6 Å². The van der Waals surface area contributed by atoms with Crippen molar-refractivity contribution in [2.75, 3.05) is 5.32 Å². The maximum atomic E-state index is 12.1. The van der Waals surface area contributed by atoms with Crippen molar-refractivity contribution >= 4 is 29.3 Å². The molecule has 6 heteroatoms. The Balaban J connectivity index is 1.86. The van der Waals surface area contributed by atoms with Crippen LogP contribution in [0.15, 0.2) is 59.5 Å². The zero-order chi connectivity index (χ0) is 18.2. The third-order valence-electron chi connectivity index (χ3n) is 3.33. The van der Waals surface area contributed by atoms with E-state index in [1.54, 1.807) is 31.2 Å². The molecule has 0 unspecified atom stereocenters. The van der Waals surface area contributed by atoms with Crippen LogP contribution in [-0.4, -0.2) is 23.2 Å². The second-order valence-electron chi connectivity index (χ2n) is 5.33. The fourth-order valence-corrected chi connectivity index (χ4v) is 2.82. The number of carbonyl (C=O) groups excluding carboxylic acids is 2. The number of ether oxygens (including phenoxy) is 1. The Labute approximate surface area is 151 Å². The molecular formula is C19H18N2O3S. The zero-order valence-corrected chi connectivity index (χ0v) is 14.7. The molecule has 0 spiro atoms. The van der Waals surface area contributed by atoms with Gasteiger partial charge in [0.15, 0.2) is 6.10 Å². The fraction of sp³-hybridized carbons (Fsp3) is 0.211. The highest BCUT2D eigenvalue weighted by atomic mass is 32.2. The van der Waals surface area contributed by atoms with Gasteiger partial charge in [-0.15, -0.1) is 11.8 Å². The van der Waals surface area contributed by atoms with Crippen LogP contribution in [0.3, 0.4) is 0 Å². The summed E-state index contributed by atoms with van der Waals surface area (Å²) in [6, 6.07) is 18.0. The summed E-state index contributed by atoms with van der Waals surface area (Å²) in [7, 11) is 0. The van der Waals surface area contributed by atoms with E-state index in [0.717, 1.165) is 4.90 Å². The van der Waals surface area contributed by atoms with Crippen molar-refractivity contribution in [1.82, 2.24) is 0 Å². The van der Waals surface area contributed by atoms with Crippen molar-refractivity contribution in [2.24, 2.45) is 0 Å². The van der Waals surface area contributed by atoms with Crippen LogP contribution in [0.4, 0.5) is 5.69 Å². The predicted molar refractivity (Wildman–Crippen MR) is 97.1 cm³/mol. The smallest absolute Gasteiger partial charge is 0.319 e. The van der Waals surface area contributed by atoms with Crippen molar-refractivity contribution in [3.8, 4) is 6.07 Å². The molecule has 2 aromatic rings. The van der Waals surface area contributed by atoms with Gasteiger partial charge in [-0.2, -0.15) is 5.26 Å². The molecule has 0 fully saturated rings. The average molecular weight is 354 g/mol. The Bertz CT molecular complexity index is 770. The summed E-state index contributed by atoms with van der Waals surface area (Å²) in [5, 5.41) is 11.0. The lowest BCUT2D eigenvalue weighted by molar-refractivity contribution is -0.152. The second kappa shape index (κ2) is 8.90. The van der Waals surface area contributed by atoms with E-state index >= 15 is 0 Å². The third kappa shape index (κ3) is 5.66. The molecule has 0 radical (unpaired) electrons. The van der Waals surface area contributed by atoms with Crippen molar-refractivity contribution in [3.63, 3.8) is 0 Å². The number of nitrogens with zero attached hydrogens (tertiary/aromatic N) is 1. The molecule has 5 nitrogen and oxygen atoms in total. The number of amides is 1. The summed E-state index contributed by atoms with van der Waals surface area (Å²) in [5.41, 5.74) is 1.04. The highest BCUT2D eigenvalue weighted by molar-refractivity contribution is 8.00. The summed E-state index contributed by atoms with van der Waals surface area (Å²) in [5.74, 6) is -0.869. The number of carbonyl (C=O) groups is 2. The van der Waals surface area contributed by atoms with E-state index in [9.17, 15) is 9.59 Å². The third-order valence-corrected chi connectivity index (χ3v) is 4.42. The molecular weight excluding hydrogens is 336 g/mol. The van der Waals surface area contributed by atoms with Gasteiger partial charge >= 0.3 is 5.97 Å². The van der Waals surface area contributed by atoms with Gasteiger partial charge in [-0.05, 0) is 50.2 Å². The van der Waals surface area contributed by atoms with Crippen LogP contribution in [0, 0.1) is 11.3 Å². The maximum Gasteiger partial charge on any atom is 0.319 e. The molecule has 1 amide bonds. The van der Waals surface area contributed by atoms with Crippen LogP contribution in [0.1, 0.15) is 19.4 Å². The molecule has 0 aromatic heterocycles. The maximum absolute atomic E-state index is 12.1. The number of benzene rings is 2. The Morgan fingerprint density at radius 1 is 1.08 bits per heavy atom. The predicted octanol–water partition coefficient (Wildman–Crippen LogP) is 3.61. The number of esters is 1. The van der Waals surface area contributed by atoms with E-state index in [1.807, 2.05) is 36.4 Å². The highest BCUT2D eigenvalue weighted by Crippen LogP contribution is 2.23. The number of nitrogens with one attached hydrogen (secondary N) is 1. The summed E-state index contributed by atoms with van der Waals surface area (Å²) >= 11 is 1.38. The summed E-state index contributed by atoms with van der Waals surface area (Å²) < 4.78 is 5.24. The number of rotatable bonds is 6. The van der Waals surface area contributed by atoms with Gasteiger partial charge in [-0.1, -0.05) is 18.2 Å². The first-order valence-electron chi connectivity index (χ1n) is 7.73. The van der Waals surface area contributed by atoms with Gasteiger partial charge in [-0.3, -0.25) is 9.59 Å². The average Bonchev–Trinajstić information content (AvgIpc) is 2.63. The van der Waals surface area contributed by atoms with E-state index < -0.39 is 23.2 Å². The normalized spacial score (nSPS) is 12.5. The first-order chi connectivity index (χ1) is 12.0. The molecule has 128 valence electrons. The van der Waals surface area contributed by atoms with Crippen molar-refractivity contribution in [1.29, 1.82) is 5.26 Å². The monoisotopic (exact) mass is 354 g/mol. The molecule has 0 aliphatic heterocycles. The Hall–Kier alpha value is -2.78. The van der Waals surface area contributed by atoms with Gasteiger partial charge in [0.05, 0.1) is 11.6 Å². The molecule has 25 heavy (non-hydrogen) atoms. The molecule has 0 aliphatic carbocycles. The quantitative estimate of drug-likeness (QED) is 0.633. The molecule has 2 aromatic carbocycles. The van der Waals surface area contributed by atoms with E-state index in [0.29, 0.717) is 11.3 Å². The van der Waals surface area contributed by atoms with Crippen molar-refractivity contribution < 1.29 is 14.3 Å². The van der Waals surface area contributed by atoms with Crippen LogP contribution in [-0.2, 0) is 14.3 Å². The van der Waals surface area contributed by atoms with Crippen molar-refractivity contribution in [2.45, 2.75) is 30.1 Å². The van der Waals surface area contributed by atoms with Crippen LogP contribution < -0.4 is 5.32 Å². The summed E-state index contributed by atoms with van der Waals surface area (Å²) in [6.45, 7) is 3.27. The molecule has 0 saturated heterocycles. The summed E-state index contributed by atoms with van der Waals surface area (Å²) in [4.78, 5) is 25.2. The highest BCUT2D eigenvalue weighted by Gasteiger charge is 2.22. The number of anilines is 1. The largest absolute Gasteiger partial charge is 0.452 e.